The number of benzene rings is 2. The highest BCUT2D eigenvalue weighted by atomic mass is 32.2. The van der Waals surface area contributed by atoms with E-state index in [-0.39, 0.29) is 23.0 Å². The Labute approximate surface area is 124 Å². The van der Waals surface area contributed by atoms with Crippen molar-refractivity contribution in [3.05, 3.63) is 54.1 Å². The molecule has 21 heavy (non-hydrogen) atoms. The SMILES string of the molecule is CCO.Cc1ccc(S(=O)(=O)Oc2ccc(O)cc2)cc1. The van der Waals surface area contributed by atoms with Gasteiger partial charge in [-0.3, -0.25) is 0 Å². The van der Waals surface area contributed by atoms with E-state index in [2.05, 4.69) is 0 Å². The zero-order valence-corrected chi connectivity index (χ0v) is 12.7. The van der Waals surface area contributed by atoms with E-state index in [0.717, 1.165) is 5.56 Å². The van der Waals surface area contributed by atoms with Gasteiger partial charge in [0.2, 0.25) is 0 Å². The number of aromatic hydroxyl groups is 1. The topological polar surface area (TPSA) is 83.8 Å². The number of phenols is 1. The van der Waals surface area contributed by atoms with Crippen LogP contribution in [0.2, 0.25) is 0 Å². The summed E-state index contributed by atoms with van der Waals surface area (Å²) in [6, 6.07) is 11.9. The molecule has 0 spiro atoms. The second kappa shape index (κ2) is 7.66. The Kier molecular flexibility index (Phi) is 6.20. The Morgan fingerprint density at radius 3 is 1.95 bits per heavy atom. The first-order chi connectivity index (χ1) is 9.89. The van der Waals surface area contributed by atoms with Crippen molar-refractivity contribution in [1.29, 1.82) is 0 Å². The Hall–Kier alpha value is -2.05. The number of aliphatic hydroxyl groups excluding tert-OH is 1. The van der Waals surface area contributed by atoms with Crippen LogP contribution >= 0.6 is 0 Å². The van der Waals surface area contributed by atoms with Crippen molar-refractivity contribution in [2.45, 2.75) is 18.7 Å². The molecule has 0 atom stereocenters. The van der Waals surface area contributed by atoms with Gasteiger partial charge in [0.1, 0.15) is 16.4 Å². The molecule has 2 rings (SSSR count). The van der Waals surface area contributed by atoms with Crippen molar-refractivity contribution >= 4 is 10.1 Å². The minimum absolute atomic E-state index is 0.0510. The van der Waals surface area contributed by atoms with E-state index in [0.29, 0.717) is 0 Å². The summed E-state index contributed by atoms with van der Waals surface area (Å²) in [5.41, 5.74) is 0.971. The second-order valence-corrected chi connectivity index (χ2v) is 5.71. The van der Waals surface area contributed by atoms with E-state index in [1.807, 2.05) is 6.92 Å². The molecule has 0 aromatic heterocycles. The summed E-state index contributed by atoms with van der Waals surface area (Å²) < 4.78 is 28.8. The third-order valence-electron chi connectivity index (χ3n) is 2.35. The predicted octanol–water partition coefficient (Wildman–Crippen LogP) is 2.47. The van der Waals surface area contributed by atoms with Gasteiger partial charge in [0.25, 0.3) is 0 Å². The minimum atomic E-state index is -3.82. The van der Waals surface area contributed by atoms with Gasteiger partial charge in [-0.2, -0.15) is 8.42 Å². The zero-order valence-electron chi connectivity index (χ0n) is 11.9. The van der Waals surface area contributed by atoms with Gasteiger partial charge in [-0.15, -0.1) is 0 Å². The summed E-state index contributed by atoms with van der Waals surface area (Å²) in [7, 11) is -3.82. The van der Waals surface area contributed by atoms with Gasteiger partial charge >= 0.3 is 10.1 Å². The molecule has 2 N–H and O–H groups in total. The van der Waals surface area contributed by atoms with E-state index in [9.17, 15) is 8.42 Å². The van der Waals surface area contributed by atoms with Crippen LogP contribution in [0.1, 0.15) is 12.5 Å². The summed E-state index contributed by atoms with van der Waals surface area (Å²) in [6.45, 7) is 3.80. The van der Waals surface area contributed by atoms with Crippen molar-refractivity contribution in [2.24, 2.45) is 0 Å². The predicted molar refractivity (Wildman–Crippen MR) is 79.9 cm³/mol. The van der Waals surface area contributed by atoms with E-state index in [1.165, 1.54) is 36.4 Å². The van der Waals surface area contributed by atoms with Crippen LogP contribution in [0.25, 0.3) is 0 Å². The lowest BCUT2D eigenvalue weighted by Gasteiger charge is -2.07. The first kappa shape index (κ1) is 17.0. The largest absolute Gasteiger partial charge is 0.508 e. The van der Waals surface area contributed by atoms with Crippen molar-refractivity contribution in [2.75, 3.05) is 6.61 Å². The van der Waals surface area contributed by atoms with Crippen LogP contribution in [0.3, 0.4) is 0 Å². The van der Waals surface area contributed by atoms with Crippen LogP contribution in [-0.2, 0) is 10.1 Å². The molecular formula is C15H18O5S. The molecule has 2 aromatic carbocycles. The van der Waals surface area contributed by atoms with Crippen LogP contribution in [0.4, 0.5) is 0 Å². The molecule has 0 saturated carbocycles. The zero-order chi connectivity index (χ0) is 15.9. The lowest BCUT2D eigenvalue weighted by Crippen LogP contribution is -2.09. The van der Waals surface area contributed by atoms with Gasteiger partial charge < -0.3 is 14.4 Å². The molecule has 0 saturated heterocycles. The van der Waals surface area contributed by atoms with Crippen molar-refractivity contribution in [3.8, 4) is 11.5 Å². The molecule has 0 unspecified atom stereocenters. The third kappa shape index (κ3) is 5.45. The lowest BCUT2D eigenvalue weighted by atomic mass is 10.2. The number of hydrogen-bond donors (Lipinski definition) is 2. The maximum atomic E-state index is 11.9. The molecule has 0 bridgehead atoms. The summed E-state index contributed by atoms with van der Waals surface area (Å²) in [4.78, 5) is 0.0983. The van der Waals surface area contributed by atoms with Crippen molar-refractivity contribution < 1.29 is 22.8 Å². The van der Waals surface area contributed by atoms with E-state index >= 15 is 0 Å². The van der Waals surface area contributed by atoms with E-state index < -0.39 is 10.1 Å². The second-order valence-electron chi connectivity index (χ2n) is 4.16. The van der Waals surface area contributed by atoms with Gasteiger partial charge in [0.15, 0.2) is 0 Å². The van der Waals surface area contributed by atoms with Gasteiger partial charge in [-0.05, 0) is 50.2 Å². The molecule has 0 aliphatic carbocycles. The third-order valence-corrected chi connectivity index (χ3v) is 3.61. The van der Waals surface area contributed by atoms with Crippen LogP contribution in [0.5, 0.6) is 11.5 Å². The number of aliphatic hydroxyl groups is 1. The maximum absolute atomic E-state index is 11.9. The van der Waals surface area contributed by atoms with Crippen LogP contribution < -0.4 is 4.18 Å². The summed E-state index contributed by atoms with van der Waals surface area (Å²) in [5.74, 6) is 0.212. The molecule has 2 aromatic rings. The van der Waals surface area contributed by atoms with Crippen LogP contribution in [0.15, 0.2) is 53.4 Å². The van der Waals surface area contributed by atoms with E-state index in [1.54, 1.807) is 19.1 Å². The van der Waals surface area contributed by atoms with Gasteiger partial charge in [0.05, 0.1) is 0 Å². The number of aryl methyl sites for hydroxylation is 1. The molecule has 0 amide bonds. The Bertz CT molecular complexity index is 645. The van der Waals surface area contributed by atoms with Gasteiger partial charge in [-0.25, -0.2) is 0 Å². The molecular weight excluding hydrogens is 292 g/mol. The molecule has 6 heteroatoms. The average molecular weight is 310 g/mol. The Morgan fingerprint density at radius 1 is 1.00 bits per heavy atom. The molecule has 0 aliphatic rings. The Balaban J connectivity index is 0.000000677. The molecule has 5 nitrogen and oxygen atoms in total. The lowest BCUT2D eigenvalue weighted by molar-refractivity contribution is 0.318. The number of rotatable bonds is 3. The Morgan fingerprint density at radius 2 is 1.48 bits per heavy atom. The summed E-state index contributed by atoms with van der Waals surface area (Å²) >= 11 is 0. The summed E-state index contributed by atoms with van der Waals surface area (Å²) in [5, 5.41) is 16.7. The fourth-order valence-corrected chi connectivity index (χ4v) is 2.31. The van der Waals surface area contributed by atoms with Crippen LogP contribution in [-0.4, -0.2) is 25.2 Å². The number of hydrogen-bond acceptors (Lipinski definition) is 5. The molecule has 0 fully saturated rings. The van der Waals surface area contributed by atoms with E-state index in [4.69, 9.17) is 14.4 Å². The number of phenolic OH excluding ortho intramolecular Hbond substituents is 1. The highest BCUT2D eigenvalue weighted by Crippen LogP contribution is 2.21. The minimum Gasteiger partial charge on any atom is -0.508 e. The van der Waals surface area contributed by atoms with Crippen LogP contribution in [0, 0.1) is 6.92 Å². The standard InChI is InChI=1S/C13H12O4S.C2H6O/c1-10-2-8-13(9-3-10)18(15,16)17-12-6-4-11(14)5-7-12;1-2-3/h2-9,14H,1H3;3H,2H2,1H3. The molecule has 0 aliphatic heterocycles. The first-order valence-electron chi connectivity index (χ1n) is 6.30. The van der Waals surface area contributed by atoms with Crippen molar-refractivity contribution in [1.82, 2.24) is 0 Å². The highest BCUT2D eigenvalue weighted by Gasteiger charge is 2.16. The van der Waals surface area contributed by atoms with Gasteiger partial charge in [-0.1, -0.05) is 17.7 Å². The van der Waals surface area contributed by atoms with Gasteiger partial charge in [0, 0.05) is 6.61 Å². The molecule has 0 radical (unpaired) electrons. The van der Waals surface area contributed by atoms with Crippen molar-refractivity contribution in [3.63, 3.8) is 0 Å². The first-order valence-corrected chi connectivity index (χ1v) is 7.71. The summed E-state index contributed by atoms with van der Waals surface area (Å²) in [6.07, 6.45) is 0. The fraction of sp³-hybridized carbons (Fsp3) is 0.200. The fourth-order valence-electron chi connectivity index (χ4n) is 1.38. The maximum Gasteiger partial charge on any atom is 0.339 e. The molecule has 0 heterocycles. The smallest absolute Gasteiger partial charge is 0.339 e. The monoisotopic (exact) mass is 310 g/mol. The normalized spacial score (nSPS) is 10.4. The highest BCUT2D eigenvalue weighted by molar-refractivity contribution is 7.87. The molecule has 114 valence electrons. The quantitative estimate of drug-likeness (QED) is 0.851. The average Bonchev–Trinajstić information content (AvgIpc) is 2.42.